The average molecular weight is 191 g/mol. The van der Waals surface area contributed by atoms with E-state index in [0.717, 1.165) is 12.3 Å². The third-order valence-electron chi connectivity index (χ3n) is 1.28. The van der Waals surface area contributed by atoms with Crippen molar-refractivity contribution in [3.63, 3.8) is 0 Å². The van der Waals surface area contributed by atoms with Crippen molar-refractivity contribution in [1.29, 1.82) is 0 Å². The Bertz CT molecular complexity index is 325. The molecule has 0 bridgehead atoms. The number of rotatable bonds is 1. The van der Waals surface area contributed by atoms with Crippen LogP contribution in [0.4, 0.5) is 8.78 Å². The minimum atomic E-state index is -1.04. The van der Waals surface area contributed by atoms with E-state index in [4.69, 9.17) is 17.4 Å². The first kappa shape index (κ1) is 8.93. The van der Waals surface area contributed by atoms with Crippen LogP contribution in [-0.2, 0) is 0 Å². The number of benzene rings is 1. The Balaban J connectivity index is 3.32. The van der Waals surface area contributed by atoms with Gasteiger partial charge in [-0.2, -0.15) is 5.10 Å². The lowest BCUT2D eigenvalue weighted by Crippen LogP contribution is -1.95. The van der Waals surface area contributed by atoms with Crippen molar-refractivity contribution >= 4 is 17.8 Å². The van der Waals surface area contributed by atoms with Crippen molar-refractivity contribution in [2.24, 2.45) is 10.9 Å². The molecule has 1 aromatic carbocycles. The monoisotopic (exact) mass is 190 g/mol. The second kappa shape index (κ2) is 3.49. The summed E-state index contributed by atoms with van der Waals surface area (Å²) in [6.07, 6.45) is 0.959. The summed E-state index contributed by atoms with van der Waals surface area (Å²) >= 11 is 5.53. The van der Waals surface area contributed by atoms with E-state index in [1.807, 2.05) is 0 Å². The maximum absolute atomic E-state index is 12.8. The van der Waals surface area contributed by atoms with E-state index in [1.165, 1.54) is 6.07 Å². The van der Waals surface area contributed by atoms with Crippen LogP contribution in [0.5, 0.6) is 0 Å². The van der Waals surface area contributed by atoms with Gasteiger partial charge < -0.3 is 5.84 Å². The lowest BCUT2D eigenvalue weighted by molar-refractivity contribution is 0.507. The number of hydrogen-bond donors (Lipinski definition) is 1. The highest BCUT2D eigenvalue weighted by Crippen LogP contribution is 2.19. The molecule has 64 valence electrons. The van der Waals surface area contributed by atoms with E-state index in [0.29, 0.717) is 0 Å². The molecule has 0 unspecified atom stereocenters. The number of halogens is 3. The second-order valence-corrected chi connectivity index (χ2v) is 2.44. The van der Waals surface area contributed by atoms with Crippen LogP contribution in [0.3, 0.4) is 0 Å². The molecule has 0 amide bonds. The molecule has 2 nitrogen and oxygen atoms in total. The highest BCUT2D eigenvalue weighted by molar-refractivity contribution is 6.33. The number of hydrazone groups is 1. The summed E-state index contributed by atoms with van der Waals surface area (Å²) in [4.78, 5) is 0. The Morgan fingerprint density at radius 1 is 1.42 bits per heavy atom. The van der Waals surface area contributed by atoms with Gasteiger partial charge in [-0.15, -0.1) is 0 Å². The lowest BCUT2D eigenvalue weighted by atomic mass is 10.2. The summed E-state index contributed by atoms with van der Waals surface area (Å²) in [6, 6.07) is 2.17. The molecular formula is C7H5ClF2N2. The quantitative estimate of drug-likeness (QED) is 0.312. The second-order valence-electron chi connectivity index (χ2n) is 2.04. The smallest absolute Gasteiger partial charge is 0.169 e. The van der Waals surface area contributed by atoms with Crippen LogP contribution in [0.25, 0.3) is 0 Å². The Labute approximate surface area is 72.6 Å². The summed E-state index contributed by atoms with van der Waals surface area (Å²) in [5, 5.41) is 3.12. The average Bonchev–Trinajstić information content (AvgIpc) is 2.06. The van der Waals surface area contributed by atoms with Crippen LogP contribution in [-0.4, -0.2) is 6.21 Å². The molecule has 0 fully saturated rings. The van der Waals surface area contributed by atoms with Crippen molar-refractivity contribution in [3.8, 4) is 0 Å². The molecule has 2 N–H and O–H groups in total. The van der Waals surface area contributed by atoms with Crippen molar-refractivity contribution in [2.75, 3.05) is 0 Å². The summed E-state index contributed by atoms with van der Waals surface area (Å²) in [5.41, 5.74) is -0.140. The molecule has 0 saturated carbocycles. The molecule has 0 aliphatic heterocycles. The first-order valence-electron chi connectivity index (χ1n) is 3.03. The van der Waals surface area contributed by atoms with Gasteiger partial charge in [-0.25, -0.2) is 8.78 Å². The van der Waals surface area contributed by atoms with Crippen LogP contribution in [0.2, 0.25) is 5.02 Å². The van der Waals surface area contributed by atoms with E-state index in [1.54, 1.807) is 0 Å². The van der Waals surface area contributed by atoms with Gasteiger partial charge in [0.1, 0.15) is 0 Å². The van der Waals surface area contributed by atoms with Crippen LogP contribution < -0.4 is 5.84 Å². The van der Waals surface area contributed by atoms with Gasteiger partial charge in [0, 0.05) is 0 Å². The van der Waals surface area contributed by atoms with E-state index in [9.17, 15) is 8.78 Å². The molecule has 12 heavy (non-hydrogen) atoms. The molecule has 1 rings (SSSR count). The van der Waals surface area contributed by atoms with Crippen LogP contribution >= 0.6 is 11.6 Å². The molecule has 5 heteroatoms. The maximum atomic E-state index is 12.8. The standard InChI is InChI=1S/C7H5ClF2N2/c8-5-1-2-6(9)7(10)4(5)3-12-11/h1-3H,11H2. The van der Waals surface area contributed by atoms with Crippen LogP contribution in [0.15, 0.2) is 17.2 Å². The zero-order valence-electron chi connectivity index (χ0n) is 5.89. The Kier molecular flexibility index (Phi) is 2.60. The topological polar surface area (TPSA) is 38.4 Å². The van der Waals surface area contributed by atoms with E-state index in [-0.39, 0.29) is 10.6 Å². The largest absolute Gasteiger partial charge is 0.323 e. The Morgan fingerprint density at radius 3 is 2.67 bits per heavy atom. The molecule has 0 saturated heterocycles. The zero-order chi connectivity index (χ0) is 9.14. The van der Waals surface area contributed by atoms with Crippen molar-refractivity contribution in [3.05, 3.63) is 34.4 Å². The Morgan fingerprint density at radius 2 is 2.08 bits per heavy atom. The molecule has 1 aromatic rings. The van der Waals surface area contributed by atoms with Crippen LogP contribution in [0.1, 0.15) is 5.56 Å². The van der Waals surface area contributed by atoms with E-state index in [2.05, 4.69) is 5.10 Å². The molecule has 0 aromatic heterocycles. The SMILES string of the molecule is NN=Cc1c(Cl)ccc(F)c1F. The van der Waals surface area contributed by atoms with Gasteiger partial charge >= 0.3 is 0 Å². The fourth-order valence-electron chi connectivity index (χ4n) is 0.736. The number of nitrogens with zero attached hydrogens (tertiary/aromatic N) is 1. The van der Waals surface area contributed by atoms with Crippen LogP contribution in [0, 0.1) is 11.6 Å². The predicted molar refractivity (Wildman–Crippen MR) is 43.1 cm³/mol. The minimum absolute atomic E-state index is 0.0723. The number of nitrogens with two attached hydrogens (primary N) is 1. The summed E-state index contributed by atoms with van der Waals surface area (Å²) in [7, 11) is 0. The molecule has 0 atom stereocenters. The van der Waals surface area contributed by atoms with Gasteiger partial charge in [-0.1, -0.05) is 11.6 Å². The van der Waals surface area contributed by atoms with Crippen molar-refractivity contribution < 1.29 is 8.78 Å². The molecule has 0 aliphatic rings. The first-order valence-corrected chi connectivity index (χ1v) is 3.41. The van der Waals surface area contributed by atoms with Gasteiger partial charge in [0.15, 0.2) is 11.6 Å². The van der Waals surface area contributed by atoms with Crippen molar-refractivity contribution in [2.45, 2.75) is 0 Å². The van der Waals surface area contributed by atoms with Gasteiger partial charge in [0.05, 0.1) is 16.8 Å². The maximum Gasteiger partial charge on any atom is 0.169 e. The third kappa shape index (κ3) is 1.53. The van der Waals surface area contributed by atoms with E-state index >= 15 is 0 Å². The molecule has 0 aliphatic carbocycles. The zero-order valence-corrected chi connectivity index (χ0v) is 6.65. The normalized spacial score (nSPS) is 10.9. The summed E-state index contributed by atoms with van der Waals surface area (Å²) in [6.45, 7) is 0. The highest BCUT2D eigenvalue weighted by Gasteiger charge is 2.09. The highest BCUT2D eigenvalue weighted by atomic mass is 35.5. The van der Waals surface area contributed by atoms with E-state index < -0.39 is 11.6 Å². The Hall–Kier alpha value is -1.16. The van der Waals surface area contributed by atoms with Gasteiger partial charge in [0.2, 0.25) is 0 Å². The molecular weight excluding hydrogens is 186 g/mol. The van der Waals surface area contributed by atoms with Gasteiger partial charge in [-0.3, -0.25) is 0 Å². The fraction of sp³-hybridized carbons (Fsp3) is 0. The molecule has 0 radical (unpaired) electrons. The molecule has 0 heterocycles. The van der Waals surface area contributed by atoms with Crippen molar-refractivity contribution in [1.82, 2.24) is 0 Å². The lowest BCUT2D eigenvalue weighted by Gasteiger charge is -1.99. The number of hydrogen-bond acceptors (Lipinski definition) is 2. The predicted octanol–water partition coefficient (Wildman–Crippen LogP) is 1.91. The molecule has 0 spiro atoms. The third-order valence-corrected chi connectivity index (χ3v) is 1.61. The fourth-order valence-corrected chi connectivity index (χ4v) is 0.930. The summed E-state index contributed by atoms with van der Waals surface area (Å²) < 4.78 is 25.4. The van der Waals surface area contributed by atoms with Gasteiger partial charge in [-0.05, 0) is 12.1 Å². The summed E-state index contributed by atoms with van der Waals surface area (Å²) in [5.74, 6) is 2.75. The van der Waals surface area contributed by atoms with Gasteiger partial charge in [0.25, 0.3) is 0 Å². The first-order chi connectivity index (χ1) is 5.66. The minimum Gasteiger partial charge on any atom is -0.323 e.